The van der Waals surface area contributed by atoms with Gasteiger partial charge in [0.25, 0.3) is 0 Å². The first-order valence-corrected chi connectivity index (χ1v) is 6.20. The highest BCUT2D eigenvalue weighted by Crippen LogP contribution is 2.27. The van der Waals surface area contributed by atoms with Gasteiger partial charge in [0.2, 0.25) is 5.91 Å². The smallest absolute Gasteiger partial charge is 0.228 e. The van der Waals surface area contributed by atoms with Gasteiger partial charge in [-0.1, -0.05) is 11.6 Å². The van der Waals surface area contributed by atoms with E-state index in [1.54, 1.807) is 25.3 Å². The molecule has 2 rings (SSSR count). The molecule has 2 aromatic rings. The van der Waals surface area contributed by atoms with Gasteiger partial charge in [0.1, 0.15) is 5.75 Å². The number of nitrogens with one attached hydrogen (secondary N) is 1. The Morgan fingerprint density at radius 1 is 1.42 bits per heavy atom. The molecule has 1 aromatic heterocycles. The lowest BCUT2D eigenvalue weighted by molar-refractivity contribution is -0.115. The van der Waals surface area contributed by atoms with Crippen molar-refractivity contribution in [3.05, 3.63) is 47.2 Å². The second-order valence-electron chi connectivity index (χ2n) is 4.25. The molecule has 5 heteroatoms. The summed E-state index contributed by atoms with van der Waals surface area (Å²) in [5.41, 5.74) is 1.54. The van der Waals surface area contributed by atoms with Crippen molar-refractivity contribution >= 4 is 23.2 Å². The predicted molar refractivity (Wildman–Crippen MR) is 75.8 cm³/mol. The lowest BCUT2D eigenvalue weighted by Gasteiger charge is -2.10. The van der Waals surface area contributed by atoms with E-state index in [0.717, 1.165) is 5.56 Å². The number of hydrogen-bond acceptors (Lipinski definition) is 2. The lowest BCUT2D eigenvalue weighted by atomic mass is 10.2. The van der Waals surface area contributed by atoms with Gasteiger partial charge in [-0.3, -0.25) is 4.79 Å². The zero-order valence-electron chi connectivity index (χ0n) is 10.8. The van der Waals surface area contributed by atoms with Crippen molar-refractivity contribution in [1.82, 2.24) is 4.57 Å². The third-order valence-corrected chi connectivity index (χ3v) is 2.93. The summed E-state index contributed by atoms with van der Waals surface area (Å²) in [6.07, 6.45) is 4.13. The van der Waals surface area contributed by atoms with Gasteiger partial charge in [0.05, 0.1) is 19.2 Å². The first kappa shape index (κ1) is 13.5. The molecular formula is C14H15ClN2O2. The number of amides is 1. The Bertz CT molecular complexity index is 593. The first-order chi connectivity index (χ1) is 9.08. The van der Waals surface area contributed by atoms with Crippen LogP contribution in [0.1, 0.15) is 5.56 Å². The number of rotatable bonds is 4. The molecule has 0 spiro atoms. The van der Waals surface area contributed by atoms with Crippen LogP contribution in [0.4, 0.5) is 5.69 Å². The van der Waals surface area contributed by atoms with Crippen molar-refractivity contribution in [2.24, 2.45) is 7.05 Å². The Balaban J connectivity index is 2.08. The molecule has 0 aliphatic heterocycles. The number of aromatic nitrogens is 1. The topological polar surface area (TPSA) is 43.3 Å². The van der Waals surface area contributed by atoms with Gasteiger partial charge in [-0.25, -0.2) is 0 Å². The molecule has 0 saturated carbocycles. The molecule has 100 valence electrons. The fourth-order valence-corrected chi connectivity index (χ4v) is 2.00. The van der Waals surface area contributed by atoms with Crippen LogP contribution in [0.3, 0.4) is 0 Å². The highest BCUT2D eigenvalue weighted by molar-refractivity contribution is 6.31. The molecule has 1 amide bonds. The zero-order chi connectivity index (χ0) is 13.8. The van der Waals surface area contributed by atoms with Crippen LogP contribution in [-0.2, 0) is 18.3 Å². The molecule has 0 unspecified atom stereocenters. The van der Waals surface area contributed by atoms with Crippen LogP contribution in [0, 0.1) is 0 Å². The number of benzene rings is 1. The third-order valence-electron chi connectivity index (χ3n) is 2.69. The summed E-state index contributed by atoms with van der Waals surface area (Å²) < 4.78 is 7.08. The number of methoxy groups -OCH3 is 1. The summed E-state index contributed by atoms with van der Waals surface area (Å²) in [6, 6.07) is 7.02. The Morgan fingerprint density at radius 2 is 2.21 bits per heavy atom. The van der Waals surface area contributed by atoms with Crippen molar-refractivity contribution in [2.75, 3.05) is 12.4 Å². The minimum absolute atomic E-state index is 0.105. The van der Waals surface area contributed by atoms with E-state index in [9.17, 15) is 4.79 Å². The molecule has 0 bridgehead atoms. The van der Waals surface area contributed by atoms with Crippen LogP contribution in [0.15, 0.2) is 36.7 Å². The van der Waals surface area contributed by atoms with E-state index in [2.05, 4.69) is 5.32 Å². The molecule has 1 N–H and O–H groups in total. The number of aryl methyl sites for hydroxylation is 1. The molecular weight excluding hydrogens is 264 g/mol. The van der Waals surface area contributed by atoms with Gasteiger partial charge < -0.3 is 14.6 Å². The fraction of sp³-hybridized carbons (Fsp3) is 0.214. The number of nitrogens with zero attached hydrogens (tertiary/aromatic N) is 1. The van der Waals surface area contributed by atoms with Crippen LogP contribution in [0.2, 0.25) is 5.02 Å². The molecule has 4 nitrogen and oxygen atoms in total. The molecule has 0 fully saturated rings. The average molecular weight is 279 g/mol. The van der Waals surface area contributed by atoms with Crippen LogP contribution >= 0.6 is 11.6 Å². The molecule has 0 aliphatic rings. The van der Waals surface area contributed by atoms with Crippen LogP contribution in [0.5, 0.6) is 5.75 Å². The van der Waals surface area contributed by atoms with Crippen molar-refractivity contribution in [3.63, 3.8) is 0 Å². The van der Waals surface area contributed by atoms with Gasteiger partial charge in [-0.2, -0.15) is 0 Å². The second-order valence-corrected chi connectivity index (χ2v) is 4.69. The van der Waals surface area contributed by atoms with Gasteiger partial charge in [0, 0.05) is 24.5 Å². The van der Waals surface area contributed by atoms with Crippen molar-refractivity contribution in [1.29, 1.82) is 0 Å². The standard InChI is InChI=1S/C14H15ClN2O2/c1-17-6-5-10(9-17)7-14(18)16-12-8-11(15)3-4-13(12)19-2/h3-6,8-9H,7H2,1-2H3,(H,16,18). The summed E-state index contributed by atoms with van der Waals surface area (Å²) in [5.74, 6) is 0.484. The summed E-state index contributed by atoms with van der Waals surface area (Å²) >= 11 is 5.91. The Morgan fingerprint density at radius 3 is 2.84 bits per heavy atom. The van der Waals surface area contributed by atoms with Crippen LogP contribution in [-0.4, -0.2) is 17.6 Å². The van der Waals surface area contributed by atoms with Crippen molar-refractivity contribution < 1.29 is 9.53 Å². The number of carbonyl (C=O) groups is 1. The monoisotopic (exact) mass is 278 g/mol. The van der Waals surface area contributed by atoms with Crippen molar-refractivity contribution in [3.8, 4) is 5.75 Å². The quantitative estimate of drug-likeness (QED) is 0.934. The zero-order valence-corrected chi connectivity index (χ0v) is 11.6. The maximum Gasteiger partial charge on any atom is 0.228 e. The number of halogens is 1. The number of ether oxygens (including phenoxy) is 1. The van der Waals surface area contributed by atoms with Gasteiger partial charge >= 0.3 is 0 Å². The molecule has 0 atom stereocenters. The van der Waals surface area contributed by atoms with E-state index in [-0.39, 0.29) is 5.91 Å². The lowest BCUT2D eigenvalue weighted by Crippen LogP contribution is -2.14. The second kappa shape index (κ2) is 5.80. The third kappa shape index (κ3) is 3.51. The highest BCUT2D eigenvalue weighted by Gasteiger charge is 2.09. The van der Waals surface area contributed by atoms with E-state index in [1.165, 1.54) is 0 Å². The number of anilines is 1. The van der Waals surface area contributed by atoms with Gasteiger partial charge in [-0.15, -0.1) is 0 Å². The summed E-state index contributed by atoms with van der Waals surface area (Å²) in [7, 11) is 3.47. The minimum atomic E-state index is -0.105. The van der Waals surface area contributed by atoms with E-state index < -0.39 is 0 Å². The number of carbonyl (C=O) groups excluding carboxylic acids is 1. The Hall–Kier alpha value is -1.94. The normalized spacial score (nSPS) is 10.3. The van der Waals surface area contributed by atoms with E-state index in [0.29, 0.717) is 22.9 Å². The molecule has 0 aliphatic carbocycles. The molecule has 0 saturated heterocycles. The first-order valence-electron chi connectivity index (χ1n) is 5.82. The van der Waals surface area contributed by atoms with E-state index >= 15 is 0 Å². The number of hydrogen-bond donors (Lipinski definition) is 1. The summed E-state index contributed by atoms with van der Waals surface area (Å²) in [4.78, 5) is 12.0. The largest absolute Gasteiger partial charge is 0.495 e. The van der Waals surface area contributed by atoms with E-state index in [4.69, 9.17) is 16.3 Å². The molecule has 1 aromatic carbocycles. The van der Waals surface area contributed by atoms with Gasteiger partial charge in [-0.05, 0) is 29.8 Å². The average Bonchev–Trinajstić information content (AvgIpc) is 2.75. The maximum atomic E-state index is 12.0. The minimum Gasteiger partial charge on any atom is -0.495 e. The van der Waals surface area contributed by atoms with Gasteiger partial charge in [0.15, 0.2) is 0 Å². The highest BCUT2D eigenvalue weighted by atomic mass is 35.5. The summed E-state index contributed by atoms with van der Waals surface area (Å²) in [5, 5.41) is 3.35. The SMILES string of the molecule is COc1ccc(Cl)cc1NC(=O)Cc1ccn(C)c1. The fourth-order valence-electron chi connectivity index (χ4n) is 1.82. The Labute approximate surface area is 116 Å². The Kier molecular flexibility index (Phi) is 4.12. The van der Waals surface area contributed by atoms with Crippen LogP contribution in [0.25, 0.3) is 0 Å². The molecule has 1 heterocycles. The van der Waals surface area contributed by atoms with Crippen molar-refractivity contribution in [2.45, 2.75) is 6.42 Å². The maximum absolute atomic E-state index is 12.0. The predicted octanol–water partition coefficient (Wildman–Crippen LogP) is 2.87. The molecule has 19 heavy (non-hydrogen) atoms. The van der Waals surface area contributed by atoms with Crippen LogP contribution < -0.4 is 10.1 Å². The van der Waals surface area contributed by atoms with E-state index in [1.807, 2.05) is 30.1 Å². The molecule has 0 radical (unpaired) electrons. The summed E-state index contributed by atoms with van der Waals surface area (Å²) in [6.45, 7) is 0.